The first-order chi connectivity index (χ1) is 8.36. The summed E-state index contributed by atoms with van der Waals surface area (Å²) in [4.78, 5) is 10.7. The molecular weight excluding hydrogens is 216 g/mol. The number of rotatable bonds is 0. The van der Waals surface area contributed by atoms with Crippen molar-refractivity contribution < 1.29 is 9.15 Å². The number of para-hydroxylation sites is 1. The zero-order valence-electron chi connectivity index (χ0n) is 9.46. The number of fused-ring (bicyclic) bond motifs is 1. The lowest BCUT2D eigenvalue weighted by molar-refractivity contribution is 0.231. The van der Waals surface area contributed by atoms with E-state index in [1.165, 1.54) is 18.9 Å². The zero-order valence-corrected chi connectivity index (χ0v) is 9.46. The first kappa shape index (κ1) is 11.5. The monoisotopic (exact) mass is 230 g/mol. The molecule has 0 atom stereocenters. The van der Waals surface area contributed by atoms with Crippen LogP contribution in [-0.2, 0) is 4.74 Å². The van der Waals surface area contributed by atoms with E-state index in [1.54, 1.807) is 18.4 Å². The van der Waals surface area contributed by atoms with Crippen molar-refractivity contribution in [1.29, 1.82) is 0 Å². The Morgan fingerprint density at radius 1 is 1.06 bits per heavy atom. The highest BCUT2D eigenvalue weighted by Crippen LogP contribution is 2.08. The molecular formula is C14H14O3. The molecule has 1 aliphatic heterocycles. The second-order valence-electron chi connectivity index (χ2n) is 3.68. The second-order valence-corrected chi connectivity index (χ2v) is 3.68. The van der Waals surface area contributed by atoms with E-state index < -0.39 is 0 Å². The van der Waals surface area contributed by atoms with Crippen LogP contribution in [0.15, 0.2) is 57.9 Å². The minimum atomic E-state index is -0.302. The standard InChI is InChI=1S/C9H6O2.C5H8O/c10-9-6-5-7-3-1-2-4-8(7)11-9;1-2-4-6-5-3-1/h1-6H;2,4H,1,3,5H2. The average Bonchev–Trinajstić information content (AvgIpc) is 2.41. The van der Waals surface area contributed by atoms with Crippen LogP contribution in [0.2, 0.25) is 0 Å². The number of hydrogen-bond acceptors (Lipinski definition) is 3. The summed E-state index contributed by atoms with van der Waals surface area (Å²) in [5, 5.41) is 0.951. The van der Waals surface area contributed by atoms with Gasteiger partial charge in [-0.15, -0.1) is 0 Å². The molecule has 0 bridgehead atoms. The molecule has 0 saturated heterocycles. The fourth-order valence-corrected chi connectivity index (χ4v) is 1.50. The molecule has 0 spiro atoms. The molecule has 2 aromatic rings. The molecule has 0 fully saturated rings. The van der Waals surface area contributed by atoms with E-state index in [4.69, 9.17) is 9.15 Å². The van der Waals surface area contributed by atoms with Gasteiger partial charge in [0.1, 0.15) is 5.58 Å². The van der Waals surface area contributed by atoms with Crippen LogP contribution < -0.4 is 5.63 Å². The number of benzene rings is 1. The molecule has 0 radical (unpaired) electrons. The van der Waals surface area contributed by atoms with Gasteiger partial charge in [-0.05, 0) is 31.1 Å². The summed E-state index contributed by atoms with van der Waals surface area (Å²) in [6, 6.07) is 10.6. The van der Waals surface area contributed by atoms with Gasteiger partial charge in [0, 0.05) is 11.5 Å². The molecule has 0 amide bonds. The number of hydrogen-bond donors (Lipinski definition) is 0. The molecule has 0 unspecified atom stereocenters. The van der Waals surface area contributed by atoms with Crippen LogP contribution in [0, 0.1) is 0 Å². The Morgan fingerprint density at radius 3 is 2.59 bits per heavy atom. The van der Waals surface area contributed by atoms with E-state index >= 15 is 0 Å². The molecule has 3 nitrogen and oxygen atoms in total. The van der Waals surface area contributed by atoms with Crippen LogP contribution in [0.25, 0.3) is 11.0 Å². The van der Waals surface area contributed by atoms with Gasteiger partial charge in [0.15, 0.2) is 0 Å². The maximum atomic E-state index is 10.7. The van der Waals surface area contributed by atoms with Crippen LogP contribution in [0.4, 0.5) is 0 Å². The predicted molar refractivity (Wildman–Crippen MR) is 66.8 cm³/mol. The van der Waals surface area contributed by atoms with Crippen molar-refractivity contribution in [3.05, 3.63) is 59.2 Å². The number of allylic oxidation sites excluding steroid dienone is 1. The highest BCUT2D eigenvalue weighted by Gasteiger charge is 1.92. The predicted octanol–water partition coefficient (Wildman–Crippen LogP) is 3.10. The normalized spacial score (nSPS) is 13.6. The Balaban J connectivity index is 0.000000153. The van der Waals surface area contributed by atoms with E-state index in [2.05, 4.69) is 0 Å². The lowest BCUT2D eigenvalue weighted by atomic mass is 10.2. The van der Waals surface area contributed by atoms with E-state index in [-0.39, 0.29) is 5.63 Å². The summed E-state index contributed by atoms with van der Waals surface area (Å²) < 4.78 is 9.79. The molecule has 3 rings (SSSR count). The third-order valence-electron chi connectivity index (χ3n) is 2.35. The quantitative estimate of drug-likeness (QED) is 0.653. The van der Waals surface area contributed by atoms with Crippen LogP contribution in [0.1, 0.15) is 12.8 Å². The Hall–Kier alpha value is -2.03. The number of ether oxygens (including phenoxy) is 1. The van der Waals surface area contributed by atoms with Crippen molar-refractivity contribution in [2.24, 2.45) is 0 Å². The zero-order chi connectivity index (χ0) is 11.9. The third-order valence-corrected chi connectivity index (χ3v) is 2.35. The lowest BCUT2D eigenvalue weighted by Crippen LogP contribution is -1.93. The van der Waals surface area contributed by atoms with Crippen molar-refractivity contribution in [2.45, 2.75) is 12.8 Å². The second kappa shape index (κ2) is 5.89. The Morgan fingerprint density at radius 2 is 1.94 bits per heavy atom. The molecule has 1 aromatic carbocycles. The largest absolute Gasteiger partial charge is 0.502 e. The van der Waals surface area contributed by atoms with Gasteiger partial charge in [-0.2, -0.15) is 0 Å². The lowest BCUT2D eigenvalue weighted by Gasteiger charge is -2.01. The van der Waals surface area contributed by atoms with E-state index in [0.717, 1.165) is 12.0 Å². The van der Waals surface area contributed by atoms with Crippen LogP contribution in [0.5, 0.6) is 0 Å². The molecule has 0 saturated carbocycles. The first-order valence-electron chi connectivity index (χ1n) is 5.62. The fourth-order valence-electron chi connectivity index (χ4n) is 1.50. The molecule has 88 valence electrons. The Kier molecular flexibility index (Phi) is 3.97. The van der Waals surface area contributed by atoms with Crippen LogP contribution in [-0.4, -0.2) is 6.61 Å². The van der Waals surface area contributed by atoms with E-state index in [1.807, 2.05) is 24.3 Å². The topological polar surface area (TPSA) is 39.4 Å². The maximum absolute atomic E-state index is 10.7. The fraction of sp³-hybridized carbons (Fsp3) is 0.214. The SMILES string of the molecule is C1=COCCC1.O=c1ccc2ccccc2o1. The first-order valence-corrected chi connectivity index (χ1v) is 5.62. The van der Waals surface area contributed by atoms with Gasteiger partial charge in [0.25, 0.3) is 0 Å². The molecule has 2 heterocycles. The average molecular weight is 230 g/mol. The van der Waals surface area contributed by atoms with Crippen molar-refractivity contribution in [1.82, 2.24) is 0 Å². The third kappa shape index (κ3) is 3.48. The van der Waals surface area contributed by atoms with Gasteiger partial charge in [0.2, 0.25) is 0 Å². The Labute approximate surface area is 99.3 Å². The molecule has 17 heavy (non-hydrogen) atoms. The molecule has 1 aliphatic rings. The minimum Gasteiger partial charge on any atom is -0.502 e. The van der Waals surface area contributed by atoms with E-state index in [0.29, 0.717) is 5.58 Å². The highest BCUT2D eigenvalue weighted by atomic mass is 16.5. The van der Waals surface area contributed by atoms with Gasteiger partial charge in [-0.3, -0.25) is 0 Å². The van der Waals surface area contributed by atoms with Crippen LogP contribution in [0.3, 0.4) is 0 Å². The summed E-state index contributed by atoms with van der Waals surface area (Å²) in [7, 11) is 0. The maximum Gasteiger partial charge on any atom is 0.336 e. The summed E-state index contributed by atoms with van der Waals surface area (Å²) in [6.45, 7) is 0.913. The van der Waals surface area contributed by atoms with Crippen molar-refractivity contribution in [3.8, 4) is 0 Å². The summed E-state index contributed by atoms with van der Waals surface area (Å²) in [5.74, 6) is 0. The van der Waals surface area contributed by atoms with Gasteiger partial charge >= 0.3 is 5.63 Å². The summed E-state index contributed by atoms with van der Waals surface area (Å²) >= 11 is 0. The molecule has 0 N–H and O–H groups in total. The van der Waals surface area contributed by atoms with Crippen molar-refractivity contribution in [3.63, 3.8) is 0 Å². The molecule has 3 heteroatoms. The van der Waals surface area contributed by atoms with Crippen LogP contribution >= 0.6 is 0 Å². The minimum absolute atomic E-state index is 0.302. The van der Waals surface area contributed by atoms with Gasteiger partial charge in [-0.25, -0.2) is 4.79 Å². The van der Waals surface area contributed by atoms with E-state index in [9.17, 15) is 4.79 Å². The molecule has 1 aromatic heterocycles. The smallest absolute Gasteiger partial charge is 0.336 e. The highest BCUT2D eigenvalue weighted by molar-refractivity contribution is 5.75. The summed E-state index contributed by atoms with van der Waals surface area (Å²) in [6.07, 6.45) is 6.20. The van der Waals surface area contributed by atoms with Gasteiger partial charge in [0.05, 0.1) is 12.9 Å². The Bertz CT molecular complexity index is 546. The van der Waals surface area contributed by atoms with Gasteiger partial charge < -0.3 is 9.15 Å². The van der Waals surface area contributed by atoms with Crippen molar-refractivity contribution in [2.75, 3.05) is 6.61 Å². The van der Waals surface area contributed by atoms with Crippen molar-refractivity contribution >= 4 is 11.0 Å². The summed E-state index contributed by atoms with van der Waals surface area (Å²) in [5.41, 5.74) is 0.337. The van der Waals surface area contributed by atoms with Gasteiger partial charge in [-0.1, -0.05) is 18.2 Å². The molecule has 0 aliphatic carbocycles.